The van der Waals surface area contributed by atoms with Crippen LogP contribution < -0.4 is 10.1 Å². The number of nitriles is 1. The molecular weight excluding hydrogens is 231 g/mol. The first-order valence-electron chi connectivity index (χ1n) is 5.93. The number of benzene rings is 1. The van der Waals surface area contributed by atoms with Gasteiger partial charge in [-0.25, -0.2) is 4.39 Å². The first kappa shape index (κ1) is 14.5. The molecule has 0 aliphatic heterocycles. The van der Waals surface area contributed by atoms with Gasteiger partial charge in [0.1, 0.15) is 17.1 Å². The van der Waals surface area contributed by atoms with Gasteiger partial charge in [0.15, 0.2) is 0 Å². The Labute approximate surface area is 108 Å². The van der Waals surface area contributed by atoms with Crippen molar-refractivity contribution in [3.8, 4) is 11.8 Å². The van der Waals surface area contributed by atoms with E-state index in [0.717, 1.165) is 0 Å². The average Bonchev–Trinajstić information content (AvgIpc) is 2.33. The lowest BCUT2D eigenvalue weighted by atomic mass is 9.97. The standard InChI is InChI=1S/C14H19FN2O/c1-10-7-12(5-6-13(10)15)18-11(2)8-14(3,9-16)17-4/h5-7,11,17H,8H2,1-4H3. The molecule has 0 saturated carbocycles. The van der Waals surface area contributed by atoms with E-state index in [9.17, 15) is 4.39 Å². The number of halogens is 1. The molecule has 0 aliphatic carbocycles. The van der Waals surface area contributed by atoms with Crippen LogP contribution in [0.3, 0.4) is 0 Å². The van der Waals surface area contributed by atoms with Gasteiger partial charge in [-0.1, -0.05) is 0 Å². The molecule has 2 unspecified atom stereocenters. The first-order valence-corrected chi connectivity index (χ1v) is 5.93. The molecule has 0 amide bonds. The van der Waals surface area contributed by atoms with Crippen LogP contribution in [0.1, 0.15) is 25.8 Å². The van der Waals surface area contributed by atoms with E-state index in [-0.39, 0.29) is 11.9 Å². The highest BCUT2D eigenvalue weighted by Crippen LogP contribution is 2.20. The predicted molar refractivity (Wildman–Crippen MR) is 68.9 cm³/mol. The summed E-state index contributed by atoms with van der Waals surface area (Å²) in [6, 6.07) is 6.86. The number of hydrogen-bond donors (Lipinski definition) is 1. The van der Waals surface area contributed by atoms with Crippen LogP contribution in [0.4, 0.5) is 4.39 Å². The van der Waals surface area contributed by atoms with Gasteiger partial charge in [0.2, 0.25) is 0 Å². The highest BCUT2D eigenvalue weighted by atomic mass is 19.1. The predicted octanol–water partition coefficient (Wildman–Crippen LogP) is 2.79. The molecule has 4 heteroatoms. The first-order chi connectivity index (χ1) is 8.40. The van der Waals surface area contributed by atoms with Gasteiger partial charge in [0.25, 0.3) is 0 Å². The minimum Gasteiger partial charge on any atom is -0.491 e. The second kappa shape index (κ2) is 5.83. The molecule has 18 heavy (non-hydrogen) atoms. The second-order valence-electron chi connectivity index (χ2n) is 4.74. The number of hydrogen-bond acceptors (Lipinski definition) is 3. The van der Waals surface area contributed by atoms with Gasteiger partial charge in [0, 0.05) is 6.42 Å². The Balaban J connectivity index is 2.68. The largest absolute Gasteiger partial charge is 0.491 e. The van der Waals surface area contributed by atoms with Gasteiger partial charge in [-0.05, 0) is 51.6 Å². The molecule has 1 rings (SSSR count). The number of rotatable bonds is 5. The van der Waals surface area contributed by atoms with Gasteiger partial charge < -0.3 is 10.1 Å². The fraction of sp³-hybridized carbons (Fsp3) is 0.500. The maximum atomic E-state index is 13.1. The molecule has 0 fully saturated rings. The molecule has 0 bridgehead atoms. The second-order valence-corrected chi connectivity index (χ2v) is 4.74. The van der Waals surface area contributed by atoms with Crippen molar-refractivity contribution in [1.29, 1.82) is 5.26 Å². The lowest BCUT2D eigenvalue weighted by Gasteiger charge is -2.25. The maximum absolute atomic E-state index is 13.1. The zero-order valence-electron chi connectivity index (χ0n) is 11.2. The van der Waals surface area contributed by atoms with Gasteiger partial charge in [-0.2, -0.15) is 5.26 Å². The molecule has 1 N–H and O–H groups in total. The Bertz CT molecular complexity index is 456. The summed E-state index contributed by atoms with van der Waals surface area (Å²) in [5.41, 5.74) is -0.0644. The van der Waals surface area contributed by atoms with Crippen LogP contribution in [0.25, 0.3) is 0 Å². The zero-order valence-corrected chi connectivity index (χ0v) is 11.2. The molecule has 98 valence electrons. The van der Waals surface area contributed by atoms with Crippen LogP contribution in [-0.2, 0) is 0 Å². The van der Waals surface area contributed by atoms with Crippen LogP contribution in [0.15, 0.2) is 18.2 Å². The van der Waals surface area contributed by atoms with E-state index >= 15 is 0 Å². The molecule has 0 radical (unpaired) electrons. The fourth-order valence-electron chi connectivity index (χ4n) is 1.74. The van der Waals surface area contributed by atoms with Crippen molar-refractivity contribution in [2.75, 3.05) is 7.05 Å². The quantitative estimate of drug-likeness (QED) is 0.874. The van der Waals surface area contributed by atoms with Crippen LogP contribution in [-0.4, -0.2) is 18.7 Å². The fourth-order valence-corrected chi connectivity index (χ4v) is 1.74. The molecule has 0 aromatic heterocycles. The minimum atomic E-state index is -0.617. The van der Waals surface area contributed by atoms with Crippen LogP contribution in [0.2, 0.25) is 0 Å². The maximum Gasteiger partial charge on any atom is 0.126 e. The van der Waals surface area contributed by atoms with Crippen LogP contribution >= 0.6 is 0 Å². The molecule has 1 aromatic rings. The van der Waals surface area contributed by atoms with Gasteiger partial charge >= 0.3 is 0 Å². The molecule has 0 aliphatic rings. The van der Waals surface area contributed by atoms with Crippen LogP contribution in [0.5, 0.6) is 5.75 Å². The smallest absolute Gasteiger partial charge is 0.126 e. The third-order valence-electron chi connectivity index (χ3n) is 2.96. The van der Waals surface area contributed by atoms with Crippen molar-refractivity contribution in [2.24, 2.45) is 0 Å². The Morgan fingerprint density at radius 2 is 2.22 bits per heavy atom. The lowest BCUT2D eigenvalue weighted by molar-refractivity contribution is 0.182. The van der Waals surface area contributed by atoms with E-state index in [2.05, 4.69) is 11.4 Å². The average molecular weight is 250 g/mol. The van der Waals surface area contributed by atoms with Gasteiger partial charge in [-0.3, -0.25) is 0 Å². The molecular formula is C14H19FN2O. The summed E-state index contributed by atoms with van der Waals surface area (Å²) in [6.45, 7) is 5.41. The van der Waals surface area contributed by atoms with Crippen molar-refractivity contribution in [3.05, 3.63) is 29.6 Å². The van der Waals surface area contributed by atoms with E-state index in [1.807, 2.05) is 13.8 Å². The zero-order chi connectivity index (χ0) is 13.8. The van der Waals surface area contributed by atoms with Crippen molar-refractivity contribution < 1.29 is 9.13 Å². The van der Waals surface area contributed by atoms with Crippen molar-refractivity contribution in [3.63, 3.8) is 0 Å². The summed E-state index contributed by atoms with van der Waals surface area (Å²) in [4.78, 5) is 0. The van der Waals surface area contributed by atoms with Crippen molar-refractivity contribution in [2.45, 2.75) is 38.8 Å². The molecule has 0 spiro atoms. The minimum absolute atomic E-state index is 0.132. The third-order valence-corrected chi connectivity index (χ3v) is 2.96. The third kappa shape index (κ3) is 3.71. The van der Waals surface area contributed by atoms with Crippen LogP contribution in [0, 0.1) is 24.1 Å². The highest BCUT2D eigenvalue weighted by molar-refractivity contribution is 5.29. The summed E-state index contributed by atoms with van der Waals surface area (Å²) >= 11 is 0. The van der Waals surface area contributed by atoms with E-state index in [0.29, 0.717) is 17.7 Å². The van der Waals surface area contributed by atoms with Gasteiger partial charge in [-0.15, -0.1) is 0 Å². The Kier molecular flexibility index (Phi) is 4.69. The van der Waals surface area contributed by atoms with E-state index in [1.165, 1.54) is 6.07 Å². The Morgan fingerprint density at radius 1 is 1.56 bits per heavy atom. The lowest BCUT2D eigenvalue weighted by Crippen LogP contribution is -2.41. The van der Waals surface area contributed by atoms with E-state index < -0.39 is 5.54 Å². The summed E-state index contributed by atoms with van der Waals surface area (Å²) in [7, 11) is 1.75. The Hall–Kier alpha value is -1.60. The summed E-state index contributed by atoms with van der Waals surface area (Å²) in [5, 5.41) is 12.0. The number of nitrogens with zero attached hydrogens (tertiary/aromatic N) is 1. The van der Waals surface area contributed by atoms with Crippen molar-refractivity contribution >= 4 is 0 Å². The molecule has 0 saturated heterocycles. The normalized spacial score (nSPS) is 15.6. The van der Waals surface area contributed by atoms with Crippen molar-refractivity contribution in [1.82, 2.24) is 5.32 Å². The SMILES string of the molecule is CNC(C)(C#N)CC(C)Oc1ccc(F)c(C)c1. The van der Waals surface area contributed by atoms with E-state index in [1.54, 1.807) is 26.1 Å². The Morgan fingerprint density at radius 3 is 2.72 bits per heavy atom. The van der Waals surface area contributed by atoms with E-state index in [4.69, 9.17) is 10.00 Å². The summed E-state index contributed by atoms with van der Waals surface area (Å²) in [5.74, 6) is 0.380. The molecule has 0 heterocycles. The van der Waals surface area contributed by atoms with Gasteiger partial charge in [0.05, 0.1) is 12.2 Å². The number of ether oxygens (including phenoxy) is 1. The molecule has 3 nitrogen and oxygen atoms in total. The molecule has 2 atom stereocenters. The summed E-state index contributed by atoms with van der Waals surface area (Å²) < 4.78 is 18.8. The number of aryl methyl sites for hydroxylation is 1. The summed E-state index contributed by atoms with van der Waals surface area (Å²) in [6.07, 6.45) is 0.420. The number of nitrogens with one attached hydrogen (secondary N) is 1. The topological polar surface area (TPSA) is 45.0 Å². The molecule has 1 aromatic carbocycles. The highest BCUT2D eigenvalue weighted by Gasteiger charge is 2.25. The monoisotopic (exact) mass is 250 g/mol.